The summed E-state index contributed by atoms with van der Waals surface area (Å²) in [6.45, 7) is 7.29. The van der Waals surface area contributed by atoms with E-state index in [1.807, 2.05) is 13.1 Å². The Morgan fingerprint density at radius 3 is 1.93 bits per heavy atom. The Balaban J connectivity index is 1.90. The molecule has 3 nitrogen and oxygen atoms in total. The van der Waals surface area contributed by atoms with Gasteiger partial charge < -0.3 is 10.4 Å². The zero-order chi connectivity index (χ0) is 20.5. The Hall–Kier alpha value is -0.800. The molecule has 0 saturated heterocycles. The highest BCUT2D eigenvalue weighted by Crippen LogP contribution is 2.25. The first kappa shape index (κ1) is 25.2. The van der Waals surface area contributed by atoms with Gasteiger partial charge in [-0.15, -0.1) is 0 Å². The van der Waals surface area contributed by atoms with E-state index in [1.54, 1.807) is 0 Å². The Kier molecular flexibility index (Phi) is 14.5. The number of quaternary nitrogens is 1. The summed E-state index contributed by atoms with van der Waals surface area (Å²) in [7, 11) is 0. The molecule has 164 valence electrons. The van der Waals surface area contributed by atoms with E-state index in [0.29, 0.717) is 10.6 Å². The Labute approximate surface area is 175 Å². The number of aliphatic hydroxyl groups excluding tert-OH is 1. The fourth-order valence-electron chi connectivity index (χ4n) is 4.42. The van der Waals surface area contributed by atoms with Gasteiger partial charge in [-0.3, -0.25) is 4.48 Å². The van der Waals surface area contributed by atoms with Gasteiger partial charge in [0, 0.05) is 13.3 Å². The molecular weight excluding hydrogens is 344 g/mol. The van der Waals surface area contributed by atoms with Gasteiger partial charge in [0.1, 0.15) is 6.20 Å². The highest BCUT2D eigenvalue weighted by Gasteiger charge is 2.40. The predicted octanol–water partition coefficient (Wildman–Crippen LogP) is 6.99. The number of hydrogen-bond acceptors (Lipinski definition) is 2. The number of hydrogen-bond donors (Lipinski definition) is 2. The molecule has 0 spiro atoms. The number of aliphatic hydroxyl groups is 1. The van der Waals surface area contributed by atoms with Gasteiger partial charge in [0.25, 0.3) is 0 Å². The van der Waals surface area contributed by atoms with Crippen molar-refractivity contribution in [2.45, 2.75) is 129 Å². The molecule has 0 saturated carbocycles. The molecule has 0 amide bonds. The fraction of sp³-hybridized carbons (Fsp3) is 0.840. The summed E-state index contributed by atoms with van der Waals surface area (Å²) in [5, 5.41) is 13.6. The maximum atomic E-state index is 10.2. The molecule has 3 atom stereocenters. The third-order valence-electron chi connectivity index (χ3n) is 6.45. The molecule has 1 rings (SSSR count). The Morgan fingerprint density at radius 2 is 1.39 bits per heavy atom. The molecule has 3 unspecified atom stereocenters. The topological polar surface area (TPSA) is 32.3 Å². The van der Waals surface area contributed by atoms with E-state index in [2.05, 4.69) is 37.5 Å². The molecule has 28 heavy (non-hydrogen) atoms. The van der Waals surface area contributed by atoms with Gasteiger partial charge in [0.15, 0.2) is 12.4 Å². The molecule has 1 heterocycles. The highest BCUT2D eigenvalue weighted by atomic mass is 16.3. The number of unbranched alkanes of at least 4 members (excludes halogenated alkanes) is 12. The Bertz CT molecular complexity index is 419. The molecule has 1 aliphatic heterocycles. The second-order valence-corrected chi connectivity index (χ2v) is 8.67. The lowest BCUT2D eigenvalue weighted by Gasteiger charge is -2.39. The van der Waals surface area contributed by atoms with Crippen molar-refractivity contribution in [3.8, 4) is 0 Å². The summed E-state index contributed by atoms with van der Waals surface area (Å²) in [5.74, 6) is 0. The number of nitrogens with zero attached hydrogens (tertiary/aromatic N) is 1. The lowest BCUT2D eigenvalue weighted by Crippen LogP contribution is -2.57. The van der Waals surface area contributed by atoms with E-state index in [0.717, 1.165) is 13.0 Å². The average molecular weight is 394 g/mol. The zero-order valence-corrected chi connectivity index (χ0v) is 19.2. The lowest BCUT2D eigenvalue weighted by molar-refractivity contribution is -0.942. The summed E-state index contributed by atoms with van der Waals surface area (Å²) in [6.07, 6.45) is 29.1. The van der Waals surface area contributed by atoms with Gasteiger partial charge in [-0.1, -0.05) is 76.9 Å². The molecule has 2 N–H and O–H groups in total. The zero-order valence-electron chi connectivity index (χ0n) is 19.2. The SMILES string of the molecule is CCCCC/C=C/CCCCCCCCCCCC1NC=C[N+]1(CC)C(C)O. The second kappa shape index (κ2) is 16.0. The van der Waals surface area contributed by atoms with Crippen LogP contribution in [0.15, 0.2) is 24.6 Å². The lowest BCUT2D eigenvalue weighted by atomic mass is 10.0. The van der Waals surface area contributed by atoms with Gasteiger partial charge >= 0.3 is 0 Å². The van der Waals surface area contributed by atoms with E-state index >= 15 is 0 Å². The molecule has 0 aromatic carbocycles. The minimum absolute atomic E-state index is 0.335. The van der Waals surface area contributed by atoms with E-state index in [9.17, 15) is 5.11 Å². The van der Waals surface area contributed by atoms with Gasteiger partial charge in [0.2, 0.25) is 0 Å². The van der Waals surface area contributed by atoms with Crippen LogP contribution in [0.2, 0.25) is 0 Å². The maximum absolute atomic E-state index is 10.2. The van der Waals surface area contributed by atoms with Gasteiger partial charge in [-0.05, 0) is 39.0 Å². The molecule has 0 radical (unpaired) electrons. The summed E-state index contributed by atoms with van der Waals surface area (Å²) in [5.41, 5.74) is 0. The molecule has 1 aliphatic rings. The van der Waals surface area contributed by atoms with Crippen LogP contribution in [-0.4, -0.2) is 28.5 Å². The third-order valence-corrected chi connectivity index (χ3v) is 6.45. The van der Waals surface area contributed by atoms with Crippen molar-refractivity contribution in [3.05, 3.63) is 24.6 Å². The predicted molar refractivity (Wildman–Crippen MR) is 123 cm³/mol. The van der Waals surface area contributed by atoms with Crippen molar-refractivity contribution in [1.82, 2.24) is 5.32 Å². The van der Waals surface area contributed by atoms with E-state index in [4.69, 9.17) is 0 Å². The van der Waals surface area contributed by atoms with Crippen molar-refractivity contribution in [2.75, 3.05) is 6.54 Å². The minimum atomic E-state index is -0.335. The quantitative estimate of drug-likeness (QED) is 0.149. The Morgan fingerprint density at radius 1 is 0.857 bits per heavy atom. The van der Waals surface area contributed by atoms with Crippen LogP contribution in [0.25, 0.3) is 0 Å². The van der Waals surface area contributed by atoms with Crippen LogP contribution in [0.3, 0.4) is 0 Å². The molecule has 3 heteroatoms. The summed E-state index contributed by atoms with van der Waals surface area (Å²) in [6, 6.07) is 0. The average Bonchev–Trinajstić information content (AvgIpc) is 3.12. The number of allylic oxidation sites excluding steroid dienone is 2. The van der Waals surface area contributed by atoms with E-state index < -0.39 is 0 Å². The molecule has 0 aliphatic carbocycles. The first-order valence-electron chi connectivity index (χ1n) is 12.3. The van der Waals surface area contributed by atoms with Crippen LogP contribution in [0, 0.1) is 0 Å². The first-order chi connectivity index (χ1) is 13.7. The van der Waals surface area contributed by atoms with Gasteiger partial charge in [-0.25, -0.2) is 0 Å². The van der Waals surface area contributed by atoms with Crippen molar-refractivity contribution in [2.24, 2.45) is 0 Å². The molecule has 0 fully saturated rings. The second-order valence-electron chi connectivity index (χ2n) is 8.67. The summed E-state index contributed by atoms with van der Waals surface area (Å²) >= 11 is 0. The van der Waals surface area contributed by atoms with Crippen LogP contribution < -0.4 is 5.32 Å². The van der Waals surface area contributed by atoms with E-state index in [-0.39, 0.29) is 6.23 Å². The smallest absolute Gasteiger partial charge is 0.193 e. The third kappa shape index (κ3) is 9.60. The molecule has 0 bridgehead atoms. The van der Waals surface area contributed by atoms with Crippen LogP contribution in [0.4, 0.5) is 0 Å². The molecular formula is C25H49N2O+. The number of rotatable bonds is 18. The van der Waals surface area contributed by atoms with Crippen molar-refractivity contribution in [1.29, 1.82) is 0 Å². The number of nitrogens with one attached hydrogen (secondary N) is 1. The van der Waals surface area contributed by atoms with Crippen molar-refractivity contribution < 1.29 is 9.59 Å². The van der Waals surface area contributed by atoms with Crippen molar-refractivity contribution in [3.63, 3.8) is 0 Å². The van der Waals surface area contributed by atoms with Crippen LogP contribution in [-0.2, 0) is 0 Å². The normalized spacial score (nSPS) is 22.8. The van der Waals surface area contributed by atoms with E-state index in [1.165, 1.54) is 89.9 Å². The fourth-order valence-corrected chi connectivity index (χ4v) is 4.42. The summed E-state index contributed by atoms with van der Waals surface area (Å²) in [4.78, 5) is 0. The first-order valence-corrected chi connectivity index (χ1v) is 12.3. The van der Waals surface area contributed by atoms with Crippen LogP contribution in [0.5, 0.6) is 0 Å². The van der Waals surface area contributed by atoms with Crippen LogP contribution >= 0.6 is 0 Å². The minimum Gasteiger partial charge on any atom is -0.345 e. The molecule has 0 aromatic heterocycles. The largest absolute Gasteiger partial charge is 0.345 e. The van der Waals surface area contributed by atoms with Gasteiger partial charge in [-0.2, -0.15) is 0 Å². The van der Waals surface area contributed by atoms with Crippen molar-refractivity contribution >= 4 is 0 Å². The maximum Gasteiger partial charge on any atom is 0.193 e. The standard InChI is InChI=1S/C25H49N2O/c1-4-6-7-8-9-10-11-12-13-14-15-16-17-18-19-20-21-25-26-22-23-27(25,5-2)24(3)28/h9-10,22-26,28H,4-8,11-21H2,1-3H3/q+1/b10-9+. The summed E-state index contributed by atoms with van der Waals surface area (Å²) < 4.78 is 0.675. The van der Waals surface area contributed by atoms with Crippen LogP contribution in [0.1, 0.15) is 117 Å². The van der Waals surface area contributed by atoms with Gasteiger partial charge in [0.05, 0.1) is 12.7 Å². The highest BCUT2D eigenvalue weighted by molar-refractivity contribution is 4.84. The molecule has 0 aromatic rings. The monoisotopic (exact) mass is 393 g/mol.